The average molecular weight is 465 g/mol. The Hall–Kier alpha value is -4.40. The van der Waals surface area contributed by atoms with Gasteiger partial charge in [0.25, 0.3) is 0 Å². The molecule has 2 aromatic carbocycles. The van der Waals surface area contributed by atoms with Crippen LogP contribution in [0.1, 0.15) is 12.0 Å². The first-order valence-electron chi connectivity index (χ1n) is 11.5. The van der Waals surface area contributed by atoms with E-state index in [-0.39, 0.29) is 6.54 Å². The van der Waals surface area contributed by atoms with E-state index in [1.54, 1.807) is 16.5 Å². The van der Waals surface area contributed by atoms with Crippen molar-refractivity contribution < 1.29 is 4.74 Å². The first kappa shape index (κ1) is 22.4. The van der Waals surface area contributed by atoms with Crippen molar-refractivity contribution in [3.8, 4) is 34.2 Å². The maximum Gasteiger partial charge on any atom is 0.351 e. The fourth-order valence-corrected chi connectivity index (χ4v) is 4.43. The van der Waals surface area contributed by atoms with Crippen LogP contribution in [0.25, 0.3) is 32.9 Å². The molecule has 1 aliphatic rings. The Bertz CT molecular complexity index is 1510. The molecular weight excluding hydrogens is 440 g/mol. The zero-order chi connectivity index (χ0) is 24.4. The highest BCUT2D eigenvalue weighted by Gasteiger charge is 2.23. The van der Waals surface area contributed by atoms with Crippen LogP contribution in [0, 0.1) is 30.7 Å². The number of nitrogens with zero attached hydrogens (tertiary/aromatic N) is 5. The number of rotatable bonds is 6. The normalized spacial score (nSPS) is 15.1. The zero-order valence-electron chi connectivity index (χ0n) is 19.4. The minimum atomic E-state index is -0.399. The Morgan fingerprint density at radius 3 is 2.60 bits per heavy atom. The van der Waals surface area contributed by atoms with Crippen LogP contribution in [-0.4, -0.2) is 33.9 Å². The number of ether oxygens (including phenoxy) is 1. The Kier molecular flexibility index (Phi) is 6.05. The molecule has 0 bridgehead atoms. The van der Waals surface area contributed by atoms with Crippen molar-refractivity contribution in [1.82, 2.24) is 19.5 Å². The van der Waals surface area contributed by atoms with Gasteiger partial charge in [0, 0.05) is 18.0 Å². The molecule has 2 aromatic heterocycles. The number of pyridine rings is 1. The first-order chi connectivity index (χ1) is 17.1. The van der Waals surface area contributed by atoms with E-state index in [0.717, 1.165) is 41.8 Å². The van der Waals surface area contributed by atoms with Gasteiger partial charge in [0.2, 0.25) is 5.65 Å². The molecule has 1 fully saturated rings. The molecule has 174 valence electrons. The van der Waals surface area contributed by atoms with Gasteiger partial charge in [0.05, 0.1) is 24.9 Å². The molecular formula is C27H24N6O2. The van der Waals surface area contributed by atoms with Gasteiger partial charge in [-0.2, -0.15) is 9.94 Å². The highest BCUT2D eigenvalue weighted by atomic mass is 16.5. The second-order valence-electron chi connectivity index (χ2n) is 8.72. The summed E-state index contributed by atoms with van der Waals surface area (Å²) < 4.78 is 8.97. The van der Waals surface area contributed by atoms with Gasteiger partial charge >= 0.3 is 5.69 Å². The summed E-state index contributed by atoms with van der Waals surface area (Å²) in [5.74, 6) is 0.868. The quantitative estimate of drug-likeness (QED) is 0.432. The maximum atomic E-state index is 13.5. The van der Waals surface area contributed by atoms with Crippen molar-refractivity contribution in [2.75, 3.05) is 19.7 Å². The number of benzene rings is 2. The van der Waals surface area contributed by atoms with E-state index >= 15 is 0 Å². The fourth-order valence-electron chi connectivity index (χ4n) is 4.43. The second kappa shape index (κ2) is 9.46. The summed E-state index contributed by atoms with van der Waals surface area (Å²) in [6, 6.07) is 19.1. The Balaban J connectivity index is 1.78. The number of nitriles is 1. The average Bonchev–Trinajstić information content (AvgIpc) is 3.52. The minimum absolute atomic E-state index is 0.158. The van der Waals surface area contributed by atoms with Gasteiger partial charge in [-0.25, -0.2) is 14.0 Å². The number of nitrogens with one attached hydrogen (secondary N) is 1. The molecule has 5 rings (SSSR count). The molecule has 1 N–H and O–H groups in total. The van der Waals surface area contributed by atoms with Crippen molar-refractivity contribution >= 4 is 11.3 Å². The molecule has 0 unspecified atom stereocenters. The monoisotopic (exact) mass is 464 g/mol. The maximum absolute atomic E-state index is 13.5. The minimum Gasteiger partial charge on any atom is -0.489 e. The number of fused-ring (bicyclic) bond motifs is 1. The molecule has 4 aromatic rings. The smallest absolute Gasteiger partial charge is 0.351 e. The summed E-state index contributed by atoms with van der Waals surface area (Å²) in [4.78, 5) is 17.0. The molecule has 1 atom stereocenters. The summed E-state index contributed by atoms with van der Waals surface area (Å²) in [6.45, 7) is 11.5. The first-order valence-corrected chi connectivity index (χ1v) is 11.5. The van der Waals surface area contributed by atoms with Gasteiger partial charge in [-0.1, -0.05) is 54.1 Å². The highest BCUT2D eigenvalue weighted by Crippen LogP contribution is 2.37. The van der Waals surface area contributed by atoms with Crippen molar-refractivity contribution in [3.63, 3.8) is 0 Å². The van der Waals surface area contributed by atoms with E-state index in [1.807, 2.05) is 55.5 Å². The Morgan fingerprint density at radius 2 is 1.94 bits per heavy atom. The van der Waals surface area contributed by atoms with Crippen LogP contribution in [0.5, 0.6) is 5.75 Å². The van der Waals surface area contributed by atoms with Crippen LogP contribution < -0.4 is 15.7 Å². The third-order valence-electron chi connectivity index (χ3n) is 6.30. The largest absolute Gasteiger partial charge is 0.489 e. The van der Waals surface area contributed by atoms with Gasteiger partial charge in [-0.15, -0.1) is 5.10 Å². The van der Waals surface area contributed by atoms with E-state index in [2.05, 4.69) is 15.3 Å². The Labute approximate surface area is 202 Å². The molecule has 0 aliphatic carbocycles. The summed E-state index contributed by atoms with van der Waals surface area (Å²) in [6.07, 6.45) is 1.03. The van der Waals surface area contributed by atoms with Crippen LogP contribution in [-0.2, 0) is 6.54 Å². The van der Waals surface area contributed by atoms with E-state index in [0.29, 0.717) is 35.3 Å². The third-order valence-corrected chi connectivity index (χ3v) is 6.30. The summed E-state index contributed by atoms with van der Waals surface area (Å²) in [5.41, 5.74) is 4.77. The molecule has 1 saturated heterocycles. The van der Waals surface area contributed by atoms with Gasteiger partial charge in [0.15, 0.2) is 11.4 Å². The van der Waals surface area contributed by atoms with Crippen LogP contribution in [0.4, 0.5) is 5.69 Å². The lowest BCUT2D eigenvalue weighted by Crippen LogP contribution is -2.22. The van der Waals surface area contributed by atoms with E-state index < -0.39 is 5.69 Å². The molecule has 0 saturated carbocycles. The number of hydrogen-bond acceptors (Lipinski definition) is 5. The van der Waals surface area contributed by atoms with Gasteiger partial charge in [-0.05, 0) is 37.1 Å². The van der Waals surface area contributed by atoms with E-state index in [1.165, 1.54) is 4.68 Å². The second-order valence-corrected chi connectivity index (χ2v) is 8.72. The molecule has 8 heteroatoms. The van der Waals surface area contributed by atoms with Crippen molar-refractivity contribution in [2.45, 2.75) is 19.9 Å². The van der Waals surface area contributed by atoms with Crippen LogP contribution in [0.15, 0.2) is 59.4 Å². The predicted octanol–water partition coefficient (Wildman–Crippen LogP) is 4.20. The lowest BCUT2D eigenvalue weighted by Gasteiger charge is -2.17. The number of aryl methyl sites for hydroxylation is 1. The van der Waals surface area contributed by atoms with Crippen molar-refractivity contribution in [1.29, 1.82) is 5.26 Å². The molecule has 8 nitrogen and oxygen atoms in total. The van der Waals surface area contributed by atoms with Crippen molar-refractivity contribution in [2.24, 2.45) is 5.92 Å². The van der Waals surface area contributed by atoms with E-state index in [4.69, 9.17) is 11.3 Å². The summed E-state index contributed by atoms with van der Waals surface area (Å²) >= 11 is 0. The van der Waals surface area contributed by atoms with Crippen LogP contribution >= 0.6 is 0 Å². The van der Waals surface area contributed by atoms with Crippen molar-refractivity contribution in [3.05, 3.63) is 82.1 Å². The Morgan fingerprint density at radius 1 is 1.20 bits per heavy atom. The molecule has 3 heterocycles. The summed E-state index contributed by atoms with van der Waals surface area (Å²) in [7, 11) is 0. The molecule has 35 heavy (non-hydrogen) atoms. The molecule has 0 spiro atoms. The number of hydrogen-bond donors (Lipinski definition) is 1. The van der Waals surface area contributed by atoms with Gasteiger partial charge in [-0.3, -0.25) is 0 Å². The topological polar surface area (TPSA) is 88.7 Å². The molecule has 0 amide bonds. The van der Waals surface area contributed by atoms with Crippen LogP contribution in [0.2, 0.25) is 0 Å². The molecule has 1 aliphatic heterocycles. The summed E-state index contributed by atoms with van der Waals surface area (Å²) in [5, 5.41) is 17.1. The predicted molar refractivity (Wildman–Crippen MR) is 133 cm³/mol. The lowest BCUT2D eigenvalue weighted by atomic mass is 9.98. The van der Waals surface area contributed by atoms with E-state index in [9.17, 15) is 10.1 Å². The van der Waals surface area contributed by atoms with Gasteiger partial charge in [0.1, 0.15) is 6.54 Å². The molecule has 0 radical (unpaired) electrons. The number of aromatic nitrogens is 3. The standard InChI is InChI=1S/C27H24N6O2/c1-18-3-5-21(6-4-18)25-23(20-7-9-22(29-2)10-8-20)15-24(35-17-19-11-13-30-16-19)26-31-32(14-12-28)27(34)33(25)26/h3-10,15,19,30H,11,13-14,16-17H2,1H3/t19-/m1/s1. The SMILES string of the molecule is [C-]#[N+]c1ccc(-c2cc(OC[C@@H]3CCNC3)c3nn(CC#N)c(=O)n3c2-c2ccc(C)cc2)cc1. The van der Waals surface area contributed by atoms with Gasteiger partial charge < -0.3 is 10.1 Å². The van der Waals surface area contributed by atoms with Crippen LogP contribution in [0.3, 0.4) is 0 Å². The highest BCUT2D eigenvalue weighted by molar-refractivity contribution is 5.85. The third kappa shape index (κ3) is 4.28. The zero-order valence-corrected chi connectivity index (χ0v) is 19.4. The fraction of sp³-hybridized carbons (Fsp3) is 0.259. The lowest BCUT2D eigenvalue weighted by molar-refractivity contribution is 0.261.